The molecule has 4 nitrogen and oxygen atoms in total. The van der Waals surface area contributed by atoms with Gasteiger partial charge < -0.3 is 9.14 Å². The van der Waals surface area contributed by atoms with E-state index < -0.39 is 5.97 Å². The van der Waals surface area contributed by atoms with Crippen LogP contribution in [0.15, 0.2) is 37.1 Å². The van der Waals surface area contributed by atoms with Crippen molar-refractivity contribution in [2.45, 2.75) is 6.92 Å². The second-order valence-electron chi connectivity index (χ2n) is 3.35. The first-order valence-corrected chi connectivity index (χ1v) is 4.95. The molecule has 0 aromatic carbocycles. The Hall–Kier alpha value is -2.10. The van der Waals surface area contributed by atoms with Crippen LogP contribution >= 0.6 is 0 Å². The Kier molecular flexibility index (Phi) is 2.72. The molecule has 2 aromatic rings. The van der Waals surface area contributed by atoms with E-state index in [1.54, 1.807) is 0 Å². The van der Waals surface area contributed by atoms with E-state index in [1.807, 2.05) is 35.7 Å². The molecule has 0 N–H and O–H groups in total. The van der Waals surface area contributed by atoms with Crippen LogP contribution in [-0.4, -0.2) is 22.0 Å². The van der Waals surface area contributed by atoms with Crippen LogP contribution in [0, 0.1) is 6.92 Å². The van der Waals surface area contributed by atoms with Crippen molar-refractivity contribution in [2.24, 2.45) is 0 Å². The molecule has 0 bridgehead atoms. The van der Waals surface area contributed by atoms with Crippen molar-refractivity contribution in [1.82, 2.24) is 9.38 Å². The van der Waals surface area contributed by atoms with Gasteiger partial charge in [0.15, 0.2) is 5.69 Å². The highest BCUT2D eigenvalue weighted by atomic mass is 16.5. The largest absolute Gasteiger partial charge is 0.457 e. The van der Waals surface area contributed by atoms with Gasteiger partial charge in [0.2, 0.25) is 0 Å². The van der Waals surface area contributed by atoms with Crippen LogP contribution in [0.1, 0.15) is 16.3 Å². The van der Waals surface area contributed by atoms with Crippen molar-refractivity contribution in [2.75, 3.05) is 6.61 Å². The number of imidazole rings is 1. The molecule has 82 valence electrons. The molecule has 0 spiro atoms. The lowest BCUT2D eigenvalue weighted by Crippen LogP contribution is -2.06. The smallest absolute Gasteiger partial charge is 0.359 e. The maximum absolute atomic E-state index is 11.7. The van der Waals surface area contributed by atoms with Crippen molar-refractivity contribution in [1.29, 1.82) is 0 Å². The fourth-order valence-electron chi connectivity index (χ4n) is 1.54. The summed E-state index contributed by atoms with van der Waals surface area (Å²) in [6.45, 7) is 5.53. The summed E-state index contributed by atoms with van der Waals surface area (Å²) < 4.78 is 6.82. The minimum absolute atomic E-state index is 0.198. The Morgan fingerprint density at radius 2 is 2.44 bits per heavy atom. The third kappa shape index (κ3) is 1.69. The standard InChI is InChI=1S/C12H12N2O2/c1-3-8-16-12(15)11-10-6-4-5-7-14(10)9(2)13-11/h3-7H,1,8H2,2H3. The summed E-state index contributed by atoms with van der Waals surface area (Å²) in [7, 11) is 0. The van der Waals surface area contributed by atoms with Crippen molar-refractivity contribution in [3.8, 4) is 0 Å². The number of aromatic nitrogens is 2. The molecule has 0 saturated carbocycles. The second-order valence-corrected chi connectivity index (χ2v) is 3.35. The molecule has 0 aliphatic rings. The van der Waals surface area contributed by atoms with E-state index in [1.165, 1.54) is 6.08 Å². The zero-order chi connectivity index (χ0) is 11.5. The molecule has 0 atom stereocenters. The average molecular weight is 216 g/mol. The van der Waals surface area contributed by atoms with Crippen LogP contribution in [-0.2, 0) is 4.74 Å². The molecule has 0 saturated heterocycles. The number of hydrogen-bond donors (Lipinski definition) is 0. The molecule has 0 unspecified atom stereocenters. The number of aryl methyl sites for hydroxylation is 1. The Balaban J connectivity index is 2.44. The number of fused-ring (bicyclic) bond motifs is 1. The van der Waals surface area contributed by atoms with Crippen molar-refractivity contribution >= 4 is 11.5 Å². The predicted molar refractivity (Wildman–Crippen MR) is 60.4 cm³/mol. The van der Waals surface area contributed by atoms with Crippen LogP contribution in [0.25, 0.3) is 5.52 Å². The van der Waals surface area contributed by atoms with Crippen LogP contribution in [0.5, 0.6) is 0 Å². The topological polar surface area (TPSA) is 43.6 Å². The minimum Gasteiger partial charge on any atom is -0.457 e. The number of carbonyl (C=O) groups excluding carboxylic acids is 1. The van der Waals surface area contributed by atoms with E-state index in [0.29, 0.717) is 5.69 Å². The van der Waals surface area contributed by atoms with Crippen molar-refractivity contribution < 1.29 is 9.53 Å². The molecule has 2 heterocycles. The molecular formula is C12H12N2O2. The van der Waals surface area contributed by atoms with Gasteiger partial charge in [-0.1, -0.05) is 18.7 Å². The summed E-state index contributed by atoms with van der Waals surface area (Å²) >= 11 is 0. The van der Waals surface area contributed by atoms with Crippen LogP contribution in [0.4, 0.5) is 0 Å². The van der Waals surface area contributed by atoms with Gasteiger partial charge in [-0.05, 0) is 19.1 Å². The maximum Gasteiger partial charge on any atom is 0.359 e. The van der Waals surface area contributed by atoms with Gasteiger partial charge >= 0.3 is 5.97 Å². The summed E-state index contributed by atoms with van der Waals surface area (Å²) in [6, 6.07) is 5.59. The van der Waals surface area contributed by atoms with E-state index >= 15 is 0 Å². The average Bonchev–Trinajstić information content (AvgIpc) is 2.65. The molecule has 0 amide bonds. The van der Waals surface area contributed by atoms with E-state index in [-0.39, 0.29) is 6.61 Å². The van der Waals surface area contributed by atoms with E-state index in [4.69, 9.17) is 4.74 Å². The lowest BCUT2D eigenvalue weighted by atomic mass is 10.3. The first kappa shape index (κ1) is 10.4. The zero-order valence-corrected chi connectivity index (χ0v) is 9.01. The number of ether oxygens (including phenoxy) is 1. The third-order valence-electron chi connectivity index (χ3n) is 2.25. The normalized spacial score (nSPS) is 10.3. The maximum atomic E-state index is 11.7. The molecule has 0 radical (unpaired) electrons. The summed E-state index contributed by atoms with van der Waals surface area (Å²) in [4.78, 5) is 15.9. The second kappa shape index (κ2) is 4.18. The third-order valence-corrected chi connectivity index (χ3v) is 2.25. The summed E-state index contributed by atoms with van der Waals surface area (Å²) in [6.07, 6.45) is 3.39. The first-order valence-electron chi connectivity index (χ1n) is 4.95. The molecular weight excluding hydrogens is 204 g/mol. The zero-order valence-electron chi connectivity index (χ0n) is 9.01. The molecule has 0 fully saturated rings. The lowest BCUT2D eigenvalue weighted by Gasteiger charge is -1.98. The number of esters is 1. The van der Waals surface area contributed by atoms with Gasteiger partial charge in [0.25, 0.3) is 0 Å². The van der Waals surface area contributed by atoms with E-state index in [0.717, 1.165) is 11.3 Å². The summed E-state index contributed by atoms with van der Waals surface area (Å²) in [5, 5.41) is 0. The summed E-state index contributed by atoms with van der Waals surface area (Å²) in [5.74, 6) is 0.345. The molecule has 0 aliphatic heterocycles. The quantitative estimate of drug-likeness (QED) is 0.582. The number of pyridine rings is 1. The molecule has 2 aromatic heterocycles. The van der Waals surface area contributed by atoms with E-state index in [2.05, 4.69) is 11.6 Å². The Bertz CT molecular complexity index is 543. The first-order chi connectivity index (χ1) is 7.74. The van der Waals surface area contributed by atoms with Gasteiger partial charge in [0, 0.05) is 6.20 Å². The van der Waals surface area contributed by atoms with Crippen LogP contribution in [0.2, 0.25) is 0 Å². The van der Waals surface area contributed by atoms with Crippen molar-refractivity contribution in [3.63, 3.8) is 0 Å². The summed E-state index contributed by atoms with van der Waals surface area (Å²) in [5.41, 5.74) is 1.11. The Labute approximate surface area is 93.2 Å². The number of hydrogen-bond acceptors (Lipinski definition) is 3. The Morgan fingerprint density at radius 3 is 3.19 bits per heavy atom. The lowest BCUT2D eigenvalue weighted by molar-refractivity contribution is 0.0546. The molecule has 2 rings (SSSR count). The molecule has 4 heteroatoms. The van der Waals surface area contributed by atoms with Gasteiger partial charge in [-0.2, -0.15) is 0 Å². The van der Waals surface area contributed by atoms with Crippen LogP contribution < -0.4 is 0 Å². The number of nitrogens with zero attached hydrogens (tertiary/aromatic N) is 2. The highest BCUT2D eigenvalue weighted by Crippen LogP contribution is 2.13. The van der Waals surface area contributed by atoms with E-state index in [9.17, 15) is 4.79 Å². The predicted octanol–water partition coefficient (Wildman–Crippen LogP) is 1.99. The highest BCUT2D eigenvalue weighted by Gasteiger charge is 2.15. The van der Waals surface area contributed by atoms with Gasteiger partial charge in [-0.15, -0.1) is 0 Å². The molecule has 16 heavy (non-hydrogen) atoms. The fourth-order valence-corrected chi connectivity index (χ4v) is 1.54. The van der Waals surface area contributed by atoms with Crippen LogP contribution in [0.3, 0.4) is 0 Å². The van der Waals surface area contributed by atoms with Gasteiger partial charge in [-0.3, -0.25) is 0 Å². The fraction of sp³-hybridized carbons (Fsp3) is 0.167. The minimum atomic E-state index is -0.420. The monoisotopic (exact) mass is 216 g/mol. The van der Waals surface area contributed by atoms with Gasteiger partial charge in [-0.25, -0.2) is 9.78 Å². The number of carbonyl (C=O) groups is 1. The van der Waals surface area contributed by atoms with Crippen molar-refractivity contribution in [3.05, 3.63) is 48.6 Å². The van der Waals surface area contributed by atoms with Gasteiger partial charge in [0.1, 0.15) is 12.4 Å². The number of rotatable bonds is 3. The SMILES string of the molecule is C=CCOC(=O)c1nc(C)n2ccccc12. The Morgan fingerprint density at radius 1 is 1.62 bits per heavy atom. The highest BCUT2D eigenvalue weighted by molar-refractivity contribution is 5.95. The van der Waals surface area contributed by atoms with Gasteiger partial charge in [0.05, 0.1) is 5.52 Å². The molecule has 0 aliphatic carbocycles.